The molecule has 18 heavy (non-hydrogen) atoms. The number of halogens is 1. The summed E-state index contributed by atoms with van der Waals surface area (Å²) in [7, 11) is 1.78. The fourth-order valence-electron chi connectivity index (χ4n) is 3.07. The molecule has 0 bridgehead atoms. The van der Waals surface area contributed by atoms with Crippen LogP contribution < -0.4 is 4.74 Å². The third kappa shape index (κ3) is 3.20. The maximum Gasteiger partial charge on any atom is 0.122 e. The van der Waals surface area contributed by atoms with Gasteiger partial charge >= 0.3 is 0 Å². The molecule has 0 unspecified atom stereocenters. The Kier molecular flexibility index (Phi) is 5.37. The number of hydrogen-bond acceptors (Lipinski definition) is 1. The van der Waals surface area contributed by atoms with Crippen LogP contribution in [-0.2, 0) is 6.42 Å². The minimum atomic E-state index is 0.735. The Morgan fingerprint density at radius 3 is 2.94 bits per heavy atom. The highest BCUT2D eigenvalue weighted by Gasteiger charge is 2.22. The number of hydrogen-bond donors (Lipinski definition) is 0. The molecule has 1 aromatic rings. The van der Waals surface area contributed by atoms with Crippen molar-refractivity contribution < 1.29 is 4.74 Å². The van der Waals surface area contributed by atoms with E-state index in [1.54, 1.807) is 7.11 Å². The van der Waals surface area contributed by atoms with E-state index in [9.17, 15) is 0 Å². The summed E-state index contributed by atoms with van der Waals surface area (Å²) >= 11 is 5.73. The fraction of sp³-hybridized carbons (Fsp3) is 0.625. The van der Waals surface area contributed by atoms with Gasteiger partial charge in [0.2, 0.25) is 0 Å². The molecule has 1 nitrogen and oxygen atoms in total. The van der Waals surface area contributed by atoms with Gasteiger partial charge < -0.3 is 4.74 Å². The summed E-state index contributed by atoms with van der Waals surface area (Å²) in [5.74, 6) is 2.62. The van der Waals surface area contributed by atoms with E-state index in [1.807, 2.05) is 0 Å². The lowest BCUT2D eigenvalue weighted by molar-refractivity contribution is 0.400. The van der Waals surface area contributed by atoms with Crippen molar-refractivity contribution in [3.05, 3.63) is 29.3 Å². The second-order valence-corrected chi connectivity index (χ2v) is 5.53. The van der Waals surface area contributed by atoms with E-state index < -0.39 is 0 Å². The van der Waals surface area contributed by atoms with Crippen LogP contribution >= 0.6 is 11.6 Å². The third-order valence-electron chi connectivity index (χ3n) is 3.99. The molecular formula is C16H23ClO. The van der Waals surface area contributed by atoms with E-state index in [-0.39, 0.29) is 0 Å². The summed E-state index contributed by atoms with van der Waals surface area (Å²) in [4.78, 5) is 0. The first-order chi connectivity index (χ1) is 8.86. The number of ether oxygens (including phenoxy) is 1. The number of alkyl halides is 1. The SMILES string of the molecule is COc1cccc2c1CCC[C@H]2CCCCCCl. The first-order valence-electron chi connectivity index (χ1n) is 7.08. The van der Waals surface area contributed by atoms with Crippen LogP contribution in [-0.4, -0.2) is 13.0 Å². The summed E-state index contributed by atoms with van der Waals surface area (Å²) in [6.45, 7) is 0. The van der Waals surface area contributed by atoms with Gasteiger partial charge in [-0.3, -0.25) is 0 Å². The minimum Gasteiger partial charge on any atom is -0.496 e. The van der Waals surface area contributed by atoms with Crippen molar-refractivity contribution in [3.8, 4) is 5.75 Å². The monoisotopic (exact) mass is 266 g/mol. The predicted octanol–water partition coefficient (Wildman–Crippen LogP) is 4.91. The lowest BCUT2D eigenvalue weighted by Crippen LogP contribution is -2.11. The van der Waals surface area contributed by atoms with E-state index in [1.165, 1.54) is 49.7 Å². The van der Waals surface area contributed by atoms with Crippen molar-refractivity contribution >= 4 is 11.6 Å². The van der Waals surface area contributed by atoms with Crippen LogP contribution in [0, 0.1) is 0 Å². The first kappa shape index (κ1) is 13.7. The largest absolute Gasteiger partial charge is 0.496 e. The lowest BCUT2D eigenvalue weighted by atomic mass is 9.80. The summed E-state index contributed by atoms with van der Waals surface area (Å²) in [5, 5.41) is 0. The van der Waals surface area contributed by atoms with Crippen molar-refractivity contribution in [3.63, 3.8) is 0 Å². The molecule has 0 amide bonds. The number of fused-ring (bicyclic) bond motifs is 1. The van der Waals surface area contributed by atoms with E-state index >= 15 is 0 Å². The van der Waals surface area contributed by atoms with E-state index in [2.05, 4.69) is 18.2 Å². The van der Waals surface area contributed by atoms with Crippen molar-refractivity contribution in [2.75, 3.05) is 13.0 Å². The second-order valence-electron chi connectivity index (χ2n) is 5.16. The van der Waals surface area contributed by atoms with Crippen molar-refractivity contribution in [2.24, 2.45) is 0 Å². The van der Waals surface area contributed by atoms with Crippen molar-refractivity contribution in [1.29, 1.82) is 0 Å². The third-order valence-corrected chi connectivity index (χ3v) is 4.26. The van der Waals surface area contributed by atoms with E-state index in [0.717, 1.165) is 24.0 Å². The molecule has 0 fully saturated rings. The van der Waals surface area contributed by atoms with Gasteiger partial charge in [-0.15, -0.1) is 11.6 Å². The molecule has 0 aliphatic heterocycles. The first-order valence-corrected chi connectivity index (χ1v) is 7.62. The molecule has 1 aliphatic carbocycles. The molecule has 0 aromatic heterocycles. The topological polar surface area (TPSA) is 9.23 Å². The fourth-order valence-corrected chi connectivity index (χ4v) is 3.26. The Hall–Kier alpha value is -0.690. The van der Waals surface area contributed by atoms with Crippen LogP contribution in [0.1, 0.15) is 55.6 Å². The molecule has 0 radical (unpaired) electrons. The van der Waals surface area contributed by atoms with Crippen molar-refractivity contribution in [2.45, 2.75) is 50.9 Å². The number of unbranched alkanes of at least 4 members (excludes halogenated alkanes) is 2. The number of benzene rings is 1. The van der Waals surface area contributed by atoms with Gasteiger partial charge in [0, 0.05) is 5.88 Å². The Labute approximate surface area is 115 Å². The molecule has 1 aromatic carbocycles. The van der Waals surface area contributed by atoms with Crippen LogP contribution in [0.15, 0.2) is 18.2 Å². The van der Waals surface area contributed by atoms with Gasteiger partial charge in [-0.05, 0) is 55.2 Å². The smallest absolute Gasteiger partial charge is 0.122 e. The highest BCUT2D eigenvalue weighted by atomic mass is 35.5. The quantitative estimate of drug-likeness (QED) is 0.525. The van der Waals surface area contributed by atoms with Gasteiger partial charge in [0.15, 0.2) is 0 Å². The van der Waals surface area contributed by atoms with Gasteiger partial charge in [0.25, 0.3) is 0 Å². The Morgan fingerprint density at radius 1 is 1.28 bits per heavy atom. The lowest BCUT2D eigenvalue weighted by Gasteiger charge is -2.27. The van der Waals surface area contributed by atoms with Gasteiger partial charge in [-0.25, -0.2) is 0 Å². The summed E-state index contributed by atoms with van der Waals surface area (Å²) in [5.41, 5.74) is 2.99. The molecule has 0 N–H and O–H groups in total. The molecule has 0 heterocycles. The Morgan fingerprint density at radius 2 is 2.17 bits per heavy atom. The normalized spacial score (nSPS) is 18.4. The molecule has 1 atom stereocenters. The van der Waals surface area contributed by atoms with E-state index in [0.29, 0.717) is 0 Å². The summed E-state index contributed by atoms with van der Waals surface area (Å²) in [6.07, 6.45) is 8.83. The Balaban J connectivity index is 2.03. The molecule has 1 aliphatic rings. The molecular weight excluding hydrogens is 244 g/mol. The molecule has 0 saturated carbocycles. The minimum absolute atomic E-state index is 0.735. The molecule has 2 heteroatoms. The zero-order valence-electron chi connectivity index (χ0n) is 11.3. The van der Waals surface area contributed by atoms with E-state index in [4.69, 9.17) is 16.3 Å². The van der Waals surface area contributed by atoms with Gasteiger partial charge in [0.1, 0.15) is 5.75 Å². The van der Waals surface area contributed by atoms with Crippen LogP contribution in [0.4, 0.5) is 0 Å². The summed E-state index contributed by atoms with van der Waals surface area (Å²) in [6, 6.07) is 6.52. The van der Waals surface area contributed by atoms with Crippen LogP contribution in [0.5, 0.6) is 5.75 Å². The maximum absolute atomic E-state index is 5.73. The molecule has 0 saturated heterocycles. The zero-order valence-corrected chi connectivity index (χ0v) is 12.0. The molecule has 2 rings (SSSR count). The zero-order chi connectivity index (χ0) is 12.8. The van der Waals surface area contributed by atoms with Gasteiger partial charge in [-0.2, -0.15) is 0 Å². The number of methoxy groups -OCH3 is 1. The highest BCUT2D eigenvalue weighted by molar-refractivity contribution is 6.17. The van der Waals surface area contributed by atoms with Crippen LogP contribution in [0.2, 0.25) is 0 Å². The maximum atomic E-state index is 5.73. The average molecular weight is 267 g/mol. The summed E-state index contributed by atoms with van der Waals surface area (Å²) < 4.78 is 5.49. The standard InChI is InChI=1S/C16H23ClO/c1-18-16-11-6-9-14-13(7-3-2-4-12-17)8-5-10-15(14)16/h6,9,11,13H,2-5,7-8,10,12H2,1H3/t13-/m1/s1. The predicted molar refractivity (Wildman–Crippen MR) is 77.9 cm³/mol. The van der Waals surface area contributed by atoms with Crippen LogP contribution in [0.25, 0.3) is 0 Å². The average Bonchev–Trinajstić information content (AvgIpc) is 2.43. The number of rotatable bonds is 6. The molecule has 0 spiro atoms. The molecule has 100 valence electrons. The van der Waals surface area contributed by atoms with Gasteiger partial charge in [-0.1, -0.05) is 25.0 Å². The Bertz CT molecular complexity index is 375. The second kappa shape index (κ2) is 7.04. The van der Waals surface area contributed by atoms with Gasteiger partial charge in [0.05, 0.1) is 7.11 Å². The van der Waals surface area contributed by atoms with Crippen molar-refractivity contribution in [1.82, 2.24) is 0 Å². The highest BCUT2D eigenvalue weighted by Crippen LogP contribution is 2.39. The van der Waals surface area contributed by atoms with Crippen LogP contribution in [0.3, 0.4) is 0 Å².